The highest BCUT2D eigenvalue weighted by molar-refractivity contribution is 5.50. The fraction of sp³-hybridized carbons (Fsp3) is 0.647. The van der Waals surface area contributed by atoms with Gasteiger partial charge in [-0.05, 0) is 79.8 Å². The van der Waals surface area contributed by atoms with Gasteiger partial charge in [0, 0.05) is 0 Å². The number of aliphatic hydroxyl groups excluding tert-OH is 1. The Labute approximate surface area is 112 Å². The molecule has 1 heteroatoms. The molecule has 0 heterocycles. The van der Waals surface area contributed by atoms with Crippen molar-refractivity contribution in [3.63, 3.8) is 0 Å². The second-order valence-electron chi connectivity index (χ2n) is 6.82. The number of rotatable bonds is 2. The van der Waals surface area contributed by atoms with Crippen molar-refractivity contribution in [1.29, 1.82) is 0 Å². The van der Waals surface area contributed by atoms with Gasteiger partial charge in [0.2, 0.25) is 0 Å². The minimum atomic E-state index is -0.358. The first-order valence-electron chi connectivity index (χ1n) is 6.81. The Morgan fingerprint density at radius 2 is 1.11 bits per heavy atom. The number of benzene rings is 1. The lowest BCUT2D eigenvalue weighted by Crippen LogP contribution is -2.15. The molecular formula is C17H28O. The molecule has 0 aromatic heterocycles. The van der Waals surface area contributed by atoms with Crippen LogP contribution >= 0.6 is 0 Å². The third-order valence-electron chi connectivity index (χ3n) is 4.20. The van der Waals surface area contributed by atoms with Gasteiger partial charge < -0.3 is 5.11 Å². The molecule has 1 rings (SSSR count). The molecule has 0 spiro atoms. The van der Waals surface area contributed by atoms with Gasteiger partial charge in [-0.25, -0.2) is 0 Å². The molecule has 1 aromatic carbocycles. The number of aliphatic hydroxyl groups is 1. The second-order valence-corrected chi connectivity index (χ2v) is 6.82. The molecule has 1 aromatic rings. The van der Waals surface area contributed by atoms with Gasteiger partial charge in [-0.3, -0.25) is 0 Å². The molecule has 0 amide bonds. The molecule has 1 unspecified atom stereocenters. The maximum absolute atomic E-state index is 10.6. The summed E-state index contributed by atoms with van der Waals surface area (Å²) in [6, 6.07) is 0. The van der Waals surface area contributed by atoms with Crippen molar-refractivity contribution < 1.29 is 5.11 Å². The molecule has 0 saturated heterocycles. The SMILES string of the molecule is Cc1c(C)c(C)c(C(O)CC(C)(C)C)c(C)c1C. The number of hydrogen-bond donors (Lipinski definition) is 1. The zero-order valence-electron chi connectivity index (χ0n) is 13.2. The van der Waals surface area contributed by atoms with E-state index in [9.17, 15) is 5.11 Å². The molecule has 1 nitrogen and oxygen atoms in total. The molecule has 0 aliphatic rings. The Morgan fingerprint density at radius 1 is 0.778 bits per heavy atom. The summed E-state index contributed by atoms with van der Waals surface area (Å²) in [6.45, 7) is 17.3. The smallest absolute Gasteiger partial charge is 0.0800 e. The van der Waals surface area contributed by atoms with Crippen LogP contribution in [0.2, 0.25) is 0 Å². The third-order valence-corrected chi connectivity index (χ3v) is 4.20. The fourth-order valence-electron chi connectivity index (χ4n) is 2.71. The highest BCUT2D eigenvalue weighted by atomic mass is 16.3. The van der Waals surface area contributed by atoms with Crippen LogP contribution in [0.3, 0.4) is 0 Å². The molecule has 0 fully saturated rings. The van der Waals surface area contributed by atoms with Gasteiger partial charge in [0.1, 0.15) is 0 Å². The molecule has 1 atom stereocenters. The van der Waals surface area contributed by atoms with Gasteiger partial charge in [0.05, 0.1) is 6.10 Å². The van der Waals surface area contributed by atoms with E-state index in [1.807, 2.05) is 0 Å². The molecule has 0 aliphatic heterocycles. The molecule has 0 bridgehead atoms. The van der Waals surface area contributed by atoms with Gasteiger partial charge in [0.25, 0.3) is 0 Å². The van der Waals surface area contributed by atoms with Crippen LogP contribution in [-0.2, 0) is 0 Å². The molecule has 0 aliphatic carbocycles. The van der Waals surface area contributed by atoms with Gasteiger partial charge in [-0.15, -0.1) is 0 Å². The Balaban J connectivity index is 3.33. The fourth-order valence-corrected chi connectivity index (χ4v) is 2.71. The van der Waals surface area contributed by atoms with Crippen LogP contribution in [0.25, 0.3) is 0 Å². The van der Waals surface area contributed by atoms with Crippen molar-refractivity contribution in [3.8, 4) is 0 Å². The van der Waals surface area contributed by atoms with Crippen molar-refractivity contribution in [2.24, 2.45) is 5.41 Å². The largest absolute Gasteiger partial charge is 0.388 e. The van der Waals surface area contributed by atoms with E-state index in [0.717, 1.165) is 12.0 Å². The van der Waals surface area contributed by atoms with Gasteiger partial charge in [-0.2, -0.15) is 0 Å². The van der Waals surface area contributed by atoms with E-state index < -0.39 is 0 Å². The Morgan fingerprint density at radius 3 is 1.44 bits per heavy atom. The van der Waals surface area contributed by atoms with E-state index in [-0.39, 0.29) is 11.5 Å². The van der Waals surface area contributed by atoms with E-state index in [1.54, 1.807) is 0 Å². The van der Waals surface area contributed by atoms with Gasteiger partial charge in [0.15, 0.2) is 0 Å². The Bertz CT molecular complexity index is 421. The van der Waals surface area contributed by atoms with E-state index >= 15 is 0 Å². The lowest BCUT2D eigenvalue weighted by atomic mass is 9.81. The molecule has 18 heavy (non-hydrogen) atoms. The van der Waals surface area contributed by atoms with Crippen molar-refractivity contribution in [2.45, 2.75) is 67.9 Å². The highest BCUT2D eigenvalue weighted by Gasteiger charge is 2.23. The van der Waals surface area contributed by atoms with Crippen molar-refractivity contribution in [2.75, 3.05) is 0 Å². The molecule has 102 valence electrons. The van der Waals surface area contributed by atoms with Crippen LogP contribution in [0.4, 0.5) is 0 Å². The van der Waals surface area contributed by atoms with Crippen LogP contribution < -0.4 is 0 Å². The molecular weight excluding hydrogens is 220 g/mol. The minimum Gasteiger partial charge on any atom is -0.388 e. The maximum atomic E-state index is 10.6. The van der Waals surface area contributed by atoms with E-state index in [4.69, 9.17) is 0 Å². The summed E-state index contributed by atoms with van der Waals surface area (Å²) in [5.74, 6) is 0. The van der Waals surface area contributed by atoms with E-state index in [2.05, 4.69) is 55.4 Å². The molecule has 1 N–H and O–H groups in total. The summed E-state index contributed by atoms with van der Waals surface area (Å²) in [4.78, 5) is 0. The average molecular weight is 248 g/mol. The quantitative estimate of drug-likeness (QED) is 0.804. The summed E-state index contributed by atoms with van der Waals surface area (Å²) >= 11 is 0. The molecule has 0 saturated carbocycles. The van der Waals surface area contributed by atoms with E-state index in [1.165, 1.54) is 27.8 Å². The van der Waals surface area contributed by atoms with Crippen LogP contribution in [0.5, 0.6) is 0 Å². The first-order valence-corrected chi connectivity index (χ1v) is 6.81. The predicted octanol–water partition coefficient (Wildman–Crippen LogP) is 4.70. The lowest BCUT2D eigenvalue weighted by molar-refractivity contribution is 0.121. The predicted molar refractivity (Wildman–Crippen MR) is 79.2 cm³/mol. The van der Waals surface area contributed by atoms with Gasteiger partial charge >= 0.3 is 0 Å². The van der Waals surface area contributed by atoms with E-state index in [0.29, 0.717) is 0 Å². The summed E-state index contributed by atoms with van der Waals surface area (Å²) in [7, 11) is 0. The monoisotopic (exact) mass is 248 g/mol. The second kappa shape index (κ2) is 5.05. The van der Waals surface area contributed by atoms with Crippen LogP contribution in [-0.4, -0.2) is 5.11 Å². The zero-order chi connectivity index (χ0) is 14.2. The normalized spacial score (nSPS) is 13.8. The number of hydrogen-bond acceptors (Lipinski definition) is 1. The minimum absolute atomic E-state index is 0.144. The van der Waals surface area contributed by atoms with Crippen molar-refractivity contribution in [1.82, 2.24) is 0 Å². The maximum Gasteiger partial charge on any atom is 0.0800 e. The molecule has 0 radical (unpaired) electrons. The summed E-state index contributed by atoms with van der Waals surface area (Å²) in [5, 5.41) is 10.6. The average Bonchev–Trinajstić information content (AvgIpc) is 2.21. The summed E-state index contributed by atoms with van der Waals surface area (Å²) < 4.78 is 0. The third kappa shape index (κ3) is 2.95. The lowest BCUT2D eigenvalue weighted by Gasteiger charge is -2.27. The Kier molecular flexibility index (Phi) is 4.27. The highest BCUT2D eigenvalue weighted by Crippen LogP contribution is 2.36. The first-order chi connectivity index (χ1) is 8.06. The van der Waals surface area contributed by atoms with Crippen LogP contribution in [0.1, 0.15) is 66.7 Å². The first kappa shape index (κ1) is 15.2. The van der Waals surface area contributed by atoms with Crippen LogP contribution in [0.15, 0.2) is 0 Å². The topological polar surface area (TPSA) is 20.2 Å². The summed E-state index contributed by atoms with van der Waals surface area (Å²) in [5.41, 5.74) is 7.80. The Hall–Kier alpha value is -0.820. The van der Waals surface area contributed by atoms with Gasteiger partial charge in [-0.1, -0.05) is 20.8 Å². The van der Waals surface area contributed by atoms with Crippen molar-refractivity contribution in [3.05, 3.63) is 33.4 Å². The van der Waals surface area contributed by atoms with Crippen molar-refractivity contribution >= 4 is 0 Å². The summed E-state index contributed by atoms with van der Waals surface area (Å²) in [6.07, 6.45) is 0.444. The van der Waals surface area contributed by atoms with Crippen LogP contribution in [0, 0.1) is 40.0 Å². The zero-order valence-corrected chi connectivity index (χ0v) is 13.2. The standard InChI is InChI=1S/C17H28O/c1-10-11(2)13(4)16(14(5)12(10)3)15(18)9-17(6,7)8/h15,18H,9H2,1-8H3.